The zero-order chi connectivity index (χ0) is 12.0. The number of rotatable bonds is 5. The highest BCUT2D eigenvalue weighted by Crippen LogP contribution is 2.30. The monoisotopic (exact) mass is 223 g/mol. The van der Waals surface area contributed by atoms with Crippen LogP contribution < -0.4 is 14.8 Å². The summed E-state index contributed by atoms with van der Waals surface area (Å²) in [6.45, 7) is 6.43. The molecule has 0 aromatic heterocycles. The zero-order valence-corrected chi connectivity index (χ0v) is 9.87. The number of benzene rings is 1. The van der Waals surface area contributed by atoms with Crippen LogP contribution in [0.4, 0.5) is 5.69 Å². The number of hydrogen-bond acceptors (Lipinski definition) is 3. The van der Waals surface area contributed by atoms with Crippen LogP contribution in [0.3, 0.4) is 0 Å². The van der Waals surface area contributed by atoms with Crippen molar-refractivity contribution >= 4 is 11.6 Å². The van der Waals surface area contributed by atoms with Crippen LogP contribution in [0.1, 0.15) is 20.8 Å². The summed E-state index contributed by atoms with van der Waals surface area (Å²) in [5, 5.41) is 2.70. The lowest BCUT2D eigenvalue weighted by molar-refractivity contribution is -0.114. The SMILES string of the molecule is CCOc1ccc(NC(C)=O)cc1OCC. The second kappa shape index (κ2) is 6.00. The van der Waals surface area contributed by atoms with Gasteiger partial charge in [0, 0.05) is 18.7 Å². The van der Waals surface area contributed by atoms with Gasteiger partial charge >= 0.3 is 0 Å². The maximum Gasteiger partial charge on any atom is 0.221 e. The van der Waals surface area contributed by atoms with Crippen LogP contribution in [0.25, 0.3) is 0 Å². The van der Waals surface area contributed by atoms with Crippen LogP contribution in [0.15, 0.2) is 18.2 Å². The summed E-state index contributed by atoms with van der Waals surface area (Å²) in [7, 11) is 0. The van der Waals surface area contributed by atoms with Crippen molar-refractivity contribution in [1.29, 1.82) is 0 Å². The third-order valence-electron chi connectivity index (χ3n) is 1.86. The number of anilines is 1. The van der Waals surface area contributed by atoms with E-state index in [1.54, 1.807) is 18.2 Å². The van der Waals surface area contributed by atoms with Crippen molar-refractivity contribution in [2.45, 2.75) is 20.8 Å². The average Bonchev–Trinajstić information content (AvgIpc) is 2.21. The molecule has 0 fully saturated rings. The van der Waals surface area contributed by atoms with Crippen LogP contribution >= 0.6 is 0 Å². The highest BCUT2D eigenvalue weighted by atomic mass is 16.5. The van der Waals surface area contributed by atoms with Crippen LogP contribution in [0.5, 0.6) is 11.5 Å². The van der Waals surface area contributed by atoms with Crippen LogP contribution in [0.2, 0.25) is 0 Å². The van der Waals surface area contributed by atoms with Crippen molar-refractivity contribution in [3.8, 4) is 11.5 Å². The Balaban J connectivity index is 2.92. The molecule has 4 heteroatoms. The predicted molar refractivity (Wildman–Crippen MR) is 63.1 cm³/mol. The van der Waals surface area contributed by atoms with Gasteiger partial charge in [-0.2, -0.15) is 0 Å². The summed E-state index contributed by atoms with van der Waals surface area (Å²) in [5.74, 6) is 1.24. The van der Waals surface area contributed by atoms with Gasteiger partial charge in [0.05, 0.1) is 13.2 Å². The van der Waals surface area contributed by atoms with E-state index < -0.39 is 0 Å². The molecule has 0 saturated carbocycles. The smallest absolute Gasteiger partial charge is 0.221 e. The van der Waals surface area contributed by atoms with Gasteiger partial charge in [-0.15, -0.1) is 0 Å². The Morgan fingerprint density at radius 1 is 1.19 bits per heavy atom. The van der Waals surface area contributed by atoms with E-state index in [1.165, 1.54) is 6.92 Å². The molecule has 0 bridgehead atoms. The summed E-state index contributed by atoms with van der Waals surface area (Å²) in [4.78, 5) is 10.9. The van der Waals surface area contributed by atoms with Gasteiger partial charge in [-0.3, -0.25) is 4.79 Å². The first kappa shape index (κ1) is 12.4. The van der Waals surface area contributed by atoms with E-state index in [9.17, 15) is 4.79 Å². The van der Waals surface area contributed by atoms with Gasteiger partial charge in [0.25, 0.3) is 0 Å². The molecule has 0 atom stereocenters. The predicted octanol–water partition coefficient (Wildman–Crippen LogP) is 2.44. The van der Waals surface area contributed by atoms with Crippen molar-refractivity contribution in [3.05, 3.63) is 18.2 Å². The van der Waals surface area contributed by atoms with Crippen LogP contribution in [-0.4, -0.2) is 19.1 Å². The van der Waals surface area contributed by atoms with Crippen molar-refractivity contribution in [3.63, 3.8) is 0 Å². The molecule has 0 spiro atoms. The Morgan fingerprint density at radius 2 is 1.81 bits per heavy atom. The normalized spacial score (nSPS) is 9.69. The fraction of sp³-hybridized carbons (Fsp3) is 0.417. The quantitative estimate of drug-likeness (QED) is 0.834. The minimum Gasteiger partial charge on any atom is -0.490 e. The highest BCUT2D eigenvalue weighted by molar-refractivity contribution is 5.89. The number of carbonyl (C=O) groups is 1. The standard InChI is InChI=1S/C12H17NO3/c1-4-15-11-7-6-10(13-9(3)14)8-12(11)16-5-2/h6-8H,4-5H2,1-3H3,(H,13,14). The Morgan fingerprint density at radius 3 is 2.38 bits per heavy atom. The Labute approximate surface area is 95.6 Å². The Hall–Kier alpha value is -1.71. The first-order chi connectivity index (χ1) is 7.67. The maximum atomic E-state index is 10.9. The van der Waals surface area contributed by atoms with Crippen molar-refractivity contribution in [2.75, 3.05) is 18.5 Å². The van der Waals surface area contributed by atoms with E-state index in [-0.39, 0.29) is 5.91 Å². The fourth-order valence-corrected chi connectivity index (χ4v) is 1.33. The summed E-state index contributed by atoms with van der Waals surface area (Å²) in [5.41, 5.74) is 0.708. The van der Waals surface area contributed by atoms with Crippen molar-refractivity contribution in [2.24, 2.45) is 0 Å². The molecule has 1 N–H and O–H groups in total. The molecular weight excluding hydrogens is 206 g/mol. The van der Waals surface area contributed by atoms with E-state index in [0.29, 0.717) is 30.4 Å². The van der Waals surface area contributed by atoms with Gasteiger partial charge in [-0.05, 0) is 26.0 Å². The lowest BCUT2D eigenvalue weighted by Crippen LogP contribution is -2.06. The number of carbonyl (C=O) groups excluding carboxylic acids is 1. The molecule has 1 amide bonds. The van der Waals surface area contributed by atoms with Gasteiger partial charge in [-0.1, -0.05) is 0 Å². The fourth-order valence-electron chi connectivity index (χ4n) is 1.33. The molecular formula is C12H17NO3. The molecule has 16 heavy (non-hydrogen) atoms. The largest absolute Gasteiger partial charge is 0.490 e. The minimum atomic E-state index is -0.105. The van der Waals surface area contributed by atoms with E-state index in [4.69, 9.17) is 9.47 Å². The zero-order valence-electron chi connectivity index (χ0n) is 9.87. The molecule has 1 aromatic carbocycles. The topological polar surface area (TPSA) is 47.6 Å². The molecule has 0 aliphatic heterocycles. The lowest BCUT2D eigenvalue weighted by atomic mass is 10.2. The first-order valence-electron chi connectivity index (χ1n) is 5.34. The summed E-state index contributed by atoms with van der Waals surface area (Å²) >= 11 is 0. The number of nitrogens with one attached hydrogen (secondary N) is 1. The first-order valence-corrected chi connectivity index (χ1v) is 5.34. The number of amides is 1. The summed E-state index contributed by atoms with van der Waals surface area (Å²) in [6, 6.07) is 5.34. The second-order valence-corrected chi connectivity index (χ2v) is 3.21. The van der Waals surface area contributed by atoms with Gasteiger partial charge in [-0.25, -0.2) is 0 Å². The minimum absolute atomic E-state index is 0.105. The van der Waals surface area contributed by atoms with Crippen molar-refractivity contribution < 1.29 is 14.3 Å². The Kier molecular flexibility index (Phi) is 4.64. The van der Waals surface area contributed by atoms with Crippen LogP contribution in [-0.2, 0) is 4.79 Å². The molecule has 0 aliphatic rings. The molecule has 88 valence electrons. The molecule has 1 aromatic rings. The third-order valence-corrected chi connectivity index (χ3v) is 1.86. The Bertz CT molecular complexity index is 363. The van der Waals surface area contributed by atoms with Crippen molar-refractivity contribution in [1.82, 2.24) is 0 Å². The van der Waals surface area contributed by atoms with Gasteiger partial charge < -0.3 is 14.8 Å². The molecule has 0 aliphatic carbocycles. The lowest BCUT2D eigenvalue weighted by Gasteiger charge is -2.12. The molecule has 4 nitrogen and oxygen atoms in total. The van der Waals surface area contributed by atoms with E-state index in [1.807, 2.05) is 13.8 Å². The molecule has 0 unspecified atom stereocenters. The van der Waals surface area contributed by atoms with E-state index >= 15 is 0 Å². The third kappa shape index (κ3) is 3.46. The highest BCUT2D eigenvalue weighted by Gasteiger charge is 2.06. The molecule has 0 heterocycles. The molecule has 1 rings (SSSR count). The summed E-state index contributed by atoms with van der Waals surface area (Å²) < 4.78 is 10.8. The average molecular weight is 223 g/mol. The second-order valence-electron chi connectivity index (χ2n) is 3.21. The van der Waals surface area contributed by atoms with E-state index in [0.717, 1.165) is 0 Å². The number of ether oxygens (including phenoxy) is 2. The number of hydrogen-bond donors (Lipinski definition) is 1. The van der Waals surface area contributed by atoms with Gasteiger partial charge in [0.15, 0.2) is 11.5 Å². The van der Waals surface area contributed by atoms with Gasteiger partial charge in [0.1, 0.15) is 0 Å². The van der Waals surface area contributed by atoms with Crippen LogP contribution in [0, 0.1) is 0 Å². The summed E-state index contributed by atoms with van der Waals surface area (Å²) in [6.07, 6.45) is 0. The maximum absolute atomic E-state index is 10.9. The van der Waals surface area contributed by atoms with Gasteiger partial charge in [0.2, 0.25) is 5.91 Å². The molecule has 0 saturated heterocycles. The molecule has 0 radical (unpaired) electrons. The van der Waals surface area contributed by atoms with E-state index in [2.05, 4.69) is 5.32 Å².